The maximum absolute atomic E-state index is 11.0. The van der Waals surface area contributed by atoms with E-state index < -0.39 is 30.0 Å². The van der Waals surface area contributed by atoms with Crippen molar-refractivity contribution in [2.75, 3.05) is 0 Å². The van der Waals surface area contributed by atoms with E-state index >= 15 is 0 Å². The van der Waals surface area contributed by atoms with E-state index in [1.54, 1.807) is 0 Å². The van der Waals surface area contributed by atoms with Crippen LogP contribution in [0.5, 0.6) is 0 Å². The first-order valence-corrected chi connectivity index (χ1v) is 7.46. The van der Waals surface area contributed by atoms with Crippen molar-refractivity contribution in [2.24, 2.45) is 0 Å². The van der Waals surface area contributed by atoms with Crippen LogP contribution in [-0.4, -0.2) is 25.9 Å². The quantitative estimate of drug-likeness (QED) is 0.583. The Labute approximate surface area is 119 Å². The molecule has 6 nitrogen and oxygen atoms in total. The van der Waals surface area contributed by atoms with Crippen LogP contribution in [0.15, 0.2) is 46.2 Å². The van der Waals surface area contributed by atoms with Crippen LogP contribution in [0.1, 0.15) is 0 Å². The topological polar surface area (TPSA) is 114 Å². The first-order chi connectivity index (χ1) is 8.21. The third kappa shape index (κ3) is 3.13. The molecule has 0 amide bonds. The van der Waals surface area contributed by atoms with E-state index in [4.69, 9.17) is 0 Å². The van der Waals surface area contributed by atoms with Crippen molar-refractivity contribution < 1.29 is 42.4 Å². The molecule has 0 saturated carbocycles. The molecule has 19 heavy (non-hydrogen) atoms. The van der Waals surface area contributed by atoms with E-state index in [-0.39, 0.29) is 27.3 Å². The molecule has 0 heterocycles. The Morgan fingerprint density at radius 1 is 0.684 bits per heavy atom. The van der Waals surface area contributed by atoms with Gasteiger partial charge in [0, 0.05) is 10.8 Å². The Balaban J connectivity index is 0.00000180. The standard InChI is InChI=1S/C10H8O6S2.Ni/c11-17(12,13)9-5-1-3-7-8(9)4-2-6-10(7)18(14,15)16;/h1-6H,(H,11,12,13)(H,14,15,16);/q;+2/p-2. The third-order valence-corrected chi connectivity index (χ3v) is 4.17. The summed E-state index contributed by atoms with van der Waals surface area (Å²) in [6.07, 6.45) is 0. The average molecular weight is 345 g/mol. The molecule has 2 aromatic carbocycles. The molecule has 0 bridgehead atoms. The van der Waals surface area contributed by atoms with Crippen LogP contribution in [-0.2, 0) is 36.7 Å². The second kappa shape index (κ2) is 5.18. The van der Waals surface area contributed by atoms with E-state index in [1.807, 2.05) is 0 Å². The fourth-order valence-corrected chi connectivity index (χ4v) is 3.07. The Hall–Kier alpha value is -0.986. The zero-order valence-corrected chi connectivity index (χ0v) is 11.7. The van der Waals surface area contributed by atoms with E-state index in [1.165, 1.54) is 24.3 Å². The van der Waals surface area contributed by atoms with Gasteiger partial charge < -0.3 is 9.11 Å². The fourth-order valence-electron chi connectivity index (χ4n) is 1.69. The molecule has 0 aliphatic rings. The van der Waals surface area contributed by atoms with Gasteiger partial charge in [0.25, 0.3) is 0 Å². The summed E-state index contributed by atoms with van der Waals surface area (Å²) in [5.74, 6) is 0. The van der Waals surface area contributed by atoms with Crippen molar-refractivity contribution >= 4 is 31.0 Å². The van der Waals surface area contributed by atoms with Crippen LogP contribution < -0.4 is 0 Å². The second-order valence-electron chi connectivity index (χ2n) is 3.52. The largest absolute Gasteiger partial charge is 2.00 e. The van der Waals surface area contributed by atoms with Gasteiger partial charge in [-0.1, -0.05) is 24.3 Å². The summed E-state index contributed by atoms with van der Waals surface area (Å²) in [6.45, 7) is 0. The summed E-state index contributed by atoms with van der Waals surface area (Å²) in [5, 5.41) is -0.158. The molecule has 0 atom stereocenters. The van der Waals surface area contributed by atoms with Crippen molar-refractivity contribution in [3.8, 4) is 0 Å². The predicted octanol–water partition coefficient (Wildman–Crippen LogP) is 0.646. The molecule has 0 aromatic heterocycles. The minimum atomic E-state index is -4.74. The summed E-state index contributed by atoms with van der Waals surface area (Å²) < 4.78 is 66.1. The maximum Gasteiger partial charge on any atom is 2.00 e. The Morgan fingerprint density at radius 2 is 1.00 bits per heavy atom. The van der Waals surface area contributed by atoms with Crippen molar-refractivity contribution in [1.29, 1.82) is 0 Å². The molecule has 2 rings (SSSR count). The molecule has 0 aliphatic carbocycles. The van der Waals surface area contributed by atoms with E-state index in [0.717, 1.165) is 12.1 Å². The van der Waals surface area contributed by atoms with Crippen LogP contribution in [0.25, 0.3) is 10.8 Å². The Kier molecular flexibility index (Phi) is 4.38. The van der Waals surface area contributed by atoms with Crippen molar-refractivity contribution in [2.45, 2.75) is 9.79 Å². The van der Waals surface area contributed by atoms with Gasteiger partial charge in [0.05, 0.1) is 9.79 Å². The summed E-state index contributed by atoms with van der Waals surface area (Å²) in [6, 6.07) is 7.09. The molecule has 0 unspecified atom stereocenters. The molecule has 2 aromatic rings. The van der Waals surface area contributed by atoms with Gasteiger partial charge >= 0.3 is 16.5 Å². The molecule has 0 fully saturated rings. The Bertz CT molecular complexity index is 755. The molecular formula is C10H6NiO6S2. The molecule has 0 spiro atoms. The smallest absolute Gasteiger partial charge is 0.744 e. The first kappa shape index (κ1) is 16.1. The van der Waals surface area contributed by atoms with Gasteiger partial charge in [-0.3, -0.25) is 0 Å². The Morgan fingerprint density at radius 3 is 1.26 bits per heavy atom. The second-order valence-corrected chi connectivity index (χ2v) is 6.21. The van der Waals surface area contributed by atoms with Gasteiger partial charge in [-0.25, -0.2) is 16.8 Å². The average Bonchev–Trinajstić information content (AvgIpc) is 2.24. The fraction of sp³-hybridized carbons (Fsp3) is 0. The van der Waals surface area contributed by atoms with E-state index in [0.29, 0.717) is 0 Å². The van der Waals surface area contributed by atoms with Gasteiger partial charge in [0.15, 0.2) is 0 Å². The third-order valence-electron chi connectivity index (χ3n) is 2.38. The summed E-state index contributed by atoms with van der Waals surface area (Å²) in [4.78, 5) is -1.10. The van der Waals surface area contributed by atoms with Gasteiger partial charge in [-0.05, 0) is 12.1 Å². The number of hydrogen-bond acceptors (Lipinski definition) is 6. The molecule has 0 N–H and O–H groups in total. The van der Waals surface area contributed by atoms with Gasteiger partial charge in [0.1, 0.15) is 20.2 Å². The van der Waals surface area contributed by atoms with Gasteiger partial charge in [-0.15, -0.1) is 0 Å². The normalized spacial score (nSPS) is 12.1. The maximum atomic E-state index is 11.0. The zero-order valence-electron chi connectivity index (χ0n) is 9.05. The number of hydrogen-bond donors (Lipinski definition) is 0. The molecule has 104 valence electrons. The molecule has 0 radical (unpaired) electrons. The van der Waals surface area contributed by atoms with E-state index in [9.17, 15) is 25.9 Å². The number of benzene rings is 2. The molecule has 0 saturated heterocycles. The van der Waals surface area contributed by atoms with Crippen molar-refractivity contribution in [3.05, 3.63) is 36.4 Å². The minimum Gasteiger partial charge on any atom is -0.744 e. The van der Waals surface area contributed by atoms with Crippen LogP contribution in [0.3, 0.4) is 0 Å². The minimum absolute atomic E-state index is 0. The number of rotatable bonds is 2. The monoisotopic (exact) mass is 344 g/mol. The summed E-state index contributed by atoms with van der Waals surface area (Å²) in [7, 11) is -9.48. The summed E-state index contributed by atoms with van der Waals surface area (Å²) >= 11 is 0. The van der Waals surface area contributed by atoms with Gasteiger partial charge in [-0.2, -0.15) is 0 Å². The number of fused-ring (bicyclic) bond motifs is 1. The molecule has 0 aliphatic heterocycles. The van der Waals surface area contributed by atoms with Crippen molar-refractivity contribution in [3.63, 3.8) is 0 Å². The zero-order chi connectivity index (χ0) is 13.6. The van der Waals surface area contributed by atoms with Crippen LogP contribution >= 0.6 is 0 Å². The van der Waals surface area contributed by atoms with Crippen molar-refractivity contribution in [1.82, 2.24) is 0 Å². The summed E-state index contributed by atoms with van der Waals surface area (Å²) in [5.41, 5.74) is 0. The van der Waals surface area contributed by atoms with Crippen LogP contribution in [0.4, 0.5) is 0 Å². The predicted molar refractivity (Wildman–Crippen MR) is 59.9 cm³/mol. The molecular weight excluding hydrogens is 339 g/mol. The van der Waals surface area contributed by atoms with E-state index in [2.05, 4.69) is 0 Å². The first-order valence-electron chi connectivity index (χ1n) is 4.65. The van der Waals surface area contributed by atoms with Crippen LogP contribution in [0.2, 0.25) is 0 Å². The van der Waals surface area contributed by atoms with Crippen LogP contribution in [0, 0.1) is 0 Å². The molecule has 9 heteroatoms. The SMILES string of the molecule is O=S(=O)([O-])c1cccc2c(S(=O)(=O)[O-])cccc12.[Ni+2]. The van der Waals surface area contributed by atoms with Gasteiger partial charge in [0.2, 0.25) is 0 Å².